The van der Waals surface area contributed by atoms with Crippen LogP contribution in [0.2, 0.25) is 0 Å². The Morgan fingerprint density at radius 1 is 1.08 bits per heavy atom. The normalized spacial score (nSPS) is 18.1. The minimum Gasteiger partial charge on any atom is -0.497 e. The summed E-state index contributed by atoms with van der Waals surface area (Å²) < 4.78 is 16.1. The number of nitrogens with one attached hydrogen (secondary N) is 2. The van der Waals surface area contributed by atoms with Crippen LogP contribution in [0.5, 0.6) is 11.5 Å². The molecular formula is C26H32N4O6. The molecule has 0 saturated carbocycles. The number of anilines is 2. The number of amides is 3. The zero-order valence-electron chi connectivity index (χ0n) is 20.4. The molecule has 2 aromatic carbocycles. The molecule has 10 heteroatoms. The lowest BCUT2D eigenvalue weighted by molar-refractivity contribution is -0.126. The standard InChI is InChI=1S/C26H32N4O6/c1-34-23-4-2-3-20(16-23)28-24(31)18-36-22-7-5-21(6-8-22)30-17-19(15-25(30)32)26(33)27-9-10-29-11-13-35-14-12-29/h2-8,16,19H,9-15,17-18H2,1H3,(H,27,33)(H,28,31)/t19-/m0/s1. The van der Waals surface area contributed by atoms with Crippen molar-refractivity contribution < 1.29 is 28.6 Å². The van der Waals surface area contributed by atoms with E-state index in [9.17, 15) is 14.4 Å². The summed E-state index contributed by atoms with van der Waals surface area (Å²) in [5, 5.41) is 5.71. The van der Waals surface area contributed by atoms with Crippen molar-refractivity contribution in [1.29, 1.82) is 0 Å². The molecule has 0 radical (unpaired) electrons. The molecule has 2 fully saturated rings. The second kappa shape index (κ2) is 12.4. The fourth-order valence-corrected chi connectivity index (χ4v) is 4.21. The average molecular weight is 497 g/mol. The van der Waals surface area contributed by atoms with Gasteiger partial charge in [0.25, 0.3) is 5.91 Å². The third-order valence-corrected chi connectivity index (χ3v) is 6.20. The summed E-state index contributed by atoms with van der Waals surface area (Å²) in [4.78, 5) is 41.2. The van der Waals surface area contributed by atoms with E-state index in [1.165, 1.54) is 0 Å². The lowest BCUT2D eigenvalue weighted by Crippen LogP contribution is -2.42. The molecule has 0 unspecified atom stereocenters. The molecule has 0 aromatic heterocycles. The minimum absolute atomic E-state index is 0.0883. The third kappa shape index (κ3) is 6.96. The van der Waals surface area contributed by atoms with Crippen molar-refractivity contribution in [3.05, 3.63) is 48.5 Å². The monoisotopic (exact) mass is 496 g/mol. The molecule has 3 amide bonds. The summed E-state index contributed by atoms with van der Waals surface area (Å²) in [5.74, 6) is 0.288. The van der Waals surface area contributed by atoms with Gasteiger partial charge in [0.2, 0.25) is 11.8 Å². The Kier molecular flexibility index (Phi) is 8.75. The zero-order valence-corrected chi connectivity index (χ0v) is 20.4. The van der Waals surface area contributed by atoms with Gasteiger partial charge in [0, 0.05) is 56.6 Å². The highest BCUT2D eigenvalue weighted by Gasteiger charge is 2.35. The summed E-state index contributed by atoms with van der Waals surface area (Å²) in [6.45, 7) is 4.70. The highest BCUT2D eigenvalue weighted by Crippen LogP contribution is 2.27. The van der Waals surface area contributed by atoms with Gasteiger partial charge in [0.15, 0.2) is 6.61 Å². The number of nitrogens with zero attached hydrogens (tertiary/aromatic N) is 2. The first-order valence-electron chi connectivity index (χ1n) is 12.1. The molecule has 0 aliphatic carbocycles. The van der Waals surface area contributed by atoms with Crippen molar-refractivity contribution in [2.24, 2.45) is 5.92 Å². The first-order valence-corrected chi connectivity index (χ1v) is 12.1. The van der Waals surface area contributed by atoms with Crippen molar-refractivity contribution >= 4 is 29.1 Å². The molecule has 10 nitrogen and oxygen atoms in total. The van der Waals surface area contributed by atoms with Crippen LogP contribution >= 0.6 is 0 Å². The number of morpholine rings is 1. The largest absolute Gasteiger partial charge is 0.497 e. The smallest absolute Gasteiger partial charge is 0.262 e. The van der Waals surface area contributed by atoms with E-state index in [0.29, 0.717) is 36.0 Å². The van der Waals surface area contributed by atoms with Gasteiger partial charge in [-0.3, -0.25) is 19.3 Å². The van der Waals surface area contributed by atoms with Crippen LogP contribution in [0.25, 0.3) is 0 Å². The number of benzene rings is 2. The number of hydrogen-bond acceptors (Lipinski definition) is 7. The van der Waals surface area contributed by atoms with E-state index >= 15 is 0 Å². The molecule has 1 atom stereocenters. The maximum Gasteiger partial charge on any atom is 0.262 e. The Morgan fingerprint density at radius 3 is 2.61 bits per heavy atom. The Labute approximate surface area is 210 Å². The molecule has 4 rings (SSSR count). The van der Waals surface area contributed by atoms with Crippen molar-refractivity contribution in [3.8, 4) is 11.5 Å². The van der Waals surface area contributed by atoms with Gasteiger partial charge in [-0.2, -0.15) is 0 Å². The molecule has 0 spiro atoms. The number of carbonyl (C=O) groups is 3. The van der Waals surface area contributed by atoms with Crippen LogP contribution in [0.3, 0.4) is 0 Å². The minimum atomic E-state index is -0.376. The maximum absolute atomic E-state index is 12.6. The third-order valence-electron chi connectivity index (χ3n) is 6.20. The molecule has 0 bridgehead atoms. The van der Waals surface area contributed by atoms with Crippen LogP contribution < -0.4 is 25.0 Å². The van der Waals surface area contributed by atoms with Crippen LogP contribution in [0.4, 0.5) is 11.4 Å². The van der Waals surface area contributed by atoms with Gasteiger partial charge >= 0.3 is 0 Å². The van der Waals surface area contributed by atoms with Gasteiger partial charge in [-0.1, -0.05) is 6.07 Å². The highest BCUT2D eigenvalue weighted by molar-refractivity contribution is 6.00. The van der Waals surface area contributed by atoms with E-state index in [0.717, 1.165) is 32.8 Å². The zero-order chi connectivity index (χ0) is 25.3. The molecule has 2 aromatic rings. The lowest BCUT2D eigenvalue weighted by Gasteiger charge is -2.26. The van der Waals surface area contributed by atoms with Gasteiger partial charge in [-0.05, 0) is 36.4 Å². The molecule has 2 saturated heterocycles. The molecule has 36 heavy (non-hydrogen) atoms. The summed E-state index contributed by atoms with van der Waals surface area (Å²) in [7, 11) is 1.56. The van der Waals surface area contributed by atoms with E-state index in [2.05, 4.69) is 15.5 Å². The fraction of sp³-hybridized carbons (Fsp3) is 0.423. The van der Waals surface area contributed by atoms with Gasteiger partial charge < -0.3 is 29.7 Å². The van der Waals surface area contributed by atoms with Crippen LogP contribution in [-0.4, -0.2) is 82.3 Å². The van der Waals surface area contributed by atoms with Gasteiger partial charge in [-0.15, -0.1) is 0 Å². The first-order chi connectivity index (χ1) is 17.5. The van der Waals surface area contributed by atoms with E-state index in [-0.39, 0.29) is 36.7 Å². The van der Waals surface area contributed by atoms with Crippen molar-refractivity contribution in [1.82, 2.24) is 10.2 Å². The fourth-order valence-electron chi connectivity index (χ4n) is 4.21. The van der Waals surface area contributed by atoms with Crippen LogP contribution in [0, 0.1) is 5.92 Å². The number of hydrogen-bond donors (Lipinski definition) is 2. The molecule has 2 heterocycles. The summed E-state index contributed by atoms with van der Waals surface area (Å²) in [5.41, 5.74) is 1.31. The number of carbonyl (C=O) groups excluding carboxylic acids is 3. The van der Waals surface area contributed by atoms with Gasteiger partial charge in [0.1, 0.15) is 11.5 Å². The summed E-state index contributed by atoms with van der Waals surface area (Å²) in [6, 6.07) is 14.0. The Bertz CT molecular complexity index is 1050. The SMILES string of the molecule is COc1cccc(NC(=O)COc2ccc(N3C[C@@H](C(=O)NCCN4CCOCC4)CC3=O)cc2)c1. The van der Waals surface area contributed by atoms with Crippen molar-refractivity contribution in [2.45, 2.75) is 6.42 Å². The van der Waals surface area contributed by atoms with E-state index in [1.807, 2.05) is 0 Å². The Balaban J connectivity index is 1.22. The Morgan fingerprint density at radius 2 is 1.86 bits per heavy atom. The summed E-state index contributed by atoms with van der Waals surface area (Å²) in [6.07, 6.45) is 0.187. The number of rotatable bonds is 10. The van der Waals surface area contributed by atoms with E-state index in [1.54, 1.807) is 60.5 Å². The quantitative estimate of drug-likeness (QED) is 0.513. The predicted molar refractivity (Wildman–Crippen MR) is 134 cm³/mol. The maximum atomic E-state index is 12.6. The Hall–Kier alpha value is -3.63. The lowest BCUT2D eigenvalue weighted by atomic mass is 10.1. The summed E-state index contributed by atoms with van der Waals surface area (Å²) >= 11 is 0. The van der Waals surface area contributed by atoms with E-state index < -0.39 is 0 Å². The first kappa shape index (κ1) is 25.5. The van der Waals surface area contributed by atoms with Crippen LogP contribution in [0.1, 0.15) is 6.42 Å². The average Bonchev–Trinajstić information content (AvgIpc) is 3.30. The number of ether oxygens (including phenoxy) is 3. The second-order valence-corrected chi connectivity index (χ2v) is 8.71. The van der Waals surface area contributed by atoms with Crippen molar-refractivity contribution in [2.75, 3.05) is 69.9 Å². The van der Waals surface area contributed by atoms with Crippen molar-refractivity contribution in [3.63, 3.8) is 0 Å². The van der Waals surface area contributed by atoms with E-state index in [4.69, 9.17) is 14.2 Å². The van der Waals surface area contributed by atoms with Gasteiger partial charge in [-0.25, -0.2) is 0 Å². The number of methoxy groups -OCH3 is 1. The highest BCUT2D eigenvalue weighted by atomic mass is 16.5. The topological polar surface area (TPSA) is 109 Å². The van der Waals surface area contributed by atoms with Crippen LogP contribution in [0.15, 0.2) is 48.5 Å². The van der Waals surface area contributed by atoms with Crippen LogP contribution in [-0.2, 0) is 19.1 Å². The molecule has 2 aliphatic rings. The molecule has 2 N–H and O–H groups in total. The predicted octanol–water partition coefficient (Wildman–Crippen LogP) is 1.51. The second-order valence-electron chi connectivity index (χ2n) is 8.71. The molecular weight excluding hydrogens is 464 g/mol. The van der Waals surface area contributed by atoms with Gasteiger partial charge in [0.05, 0.1) is 26.2 Å². The molecule has 2 aliphatic heterocycles. The molecule has 192 valence electrons.